The molecule has 82 valence electrons. The van der Waals surface area contributed by atoms with Gasteiger partial charge in [-0.1, -0.05) is 0 Å². The van der Waals surface area contributed by atoms with Gasteiger partial charge in [0.25, 0.3) is 5.56 Å². The standard InChI is InChI=1S/C9H8N4O3/c1-4-3-13-5-6(10-9(13)16-4)12(2)8(15)11-7(5)14/h3H,1-2H3,(H,11,14,15). The molecule has 0 aliphatic carbocycles. The summed E-state index contributed by atoms with van der Waals surface area (Å²) >= 11 is 0. The Morgan fingerprint density at radius 1 is 1.44 bits per heavy atom. The lowest BCUT2D eigenvalue weighted by Crippen LogP contribution is -2.28. The number of oxazole rings is 1. The molecule has 0 unspecified atom stereocenters. The number of hydrogen-bond acceptors (Lipinski definition) is 4. The molecular formula is C9H8N4O3. The van der Waals surface area contributed by atoms with Gasteiger partial charge in [-0.25, -0.2) is 4.79 Å². The Labute approximate surface area is 87.9 Å². The molecule has 3 aromatic heterocycles. The minimum atomic E-state index is -0.491. The molecule has 16 heavy (non-hydrogen) atoms. The van der Waals surface area contributed by atoms with Gasteiger partial charge >= 0.3 is 11.5 Å². The zero-order valence-corrected chi connectivity index (χ0v) is 8.64. The summed E-state index contributed by atoms with van der Waals surface area (Å²) in [7, 11) is 1.54. The van der Waals surface area contributed by atoms with Gasteiger partial charge in [0, 0.05) is 7.05 Å². The number of H-pyrrole nitrogens is 1. The molecule has 0 saturated carbocycles. The molecule has 0 radical (unpaired) electrons. The predicted octanol–water partition coefficient (Wildman–Crippen LogP) is -0.224. The maximum Gasteiger partial charge on any atom is 0.329 e. The van der Waals surface area contributed by atoms with Crippen molar-refractivity contribution in [2.24, 2.45) is 7.05 Å². The van der Waals surface area contributed by atoms with Gasteiger partial charge < -0.3 is 4.42 Å². The van der Waals surface area contributed by atoms with E-state index in [1.807, 2.05) is 0 Å². The van der Waals surface area contributed by atoms with Crippen LogP contribution >= 0.6 is 0 Å². The van der Waals surface area contributed by atoms with Gasteiger partial charge in [-0.05, 0) is 6.92 Å². The highest BCUT2D eigenvalue weighted by Crippen LogP contribution is 2.13. The summed E-state index contributed by atoms with van der Waals surface area (Å²) in [5.74, 6) is 0.955. The highest BCUT2D eigenvalue weighted by atomic mass is 16.4. The maximum atomic E-state index is 11.7. The van der Waals surface area contributed by atoms with Gasteiger partial charge in [0.05, 0.1) is 6.20 Å². The quantitative estimate of drug-likeness (QED) is 0.567. The summed E-state index contributed by atoms with van der Waals surface area (Å²) in [6, 6.07) is 0. The Kier molecular flexibility index (Phi) is 1.47. The van der Waals surface area contributed by atoms with Gasteiger partial charge in [0.1, 0.15) is 5.76 Å². The molecule has 1 N–H and O–H groups in total. The first-order valence-electron chi connectivity index (χ1n) is 4.65. The first-order valence-corrected chi connectivity index (χ1v) is 4.65. The Bertz CT molecular complexity index is 817. The number of nitrogens with one attached hydrogen (secondary N) is 1. The minimum Gasteiger partial charge on any atom is -0.428 e. The maximum absolute atomic E-state index is 11.7. The van der Waals surface area contributed by atoms with E-state index in [2.05, 4.69) is 9.97 Å². The van der Waals surface area contributed by atoms with Crippen LogP contribution in [-0.4, -0.2) is 18.9 Å². The molecule has 0 aromatic carbocycles. The molecule has 0 aliphatic rings. The van der Waals surface area contributed by atoms with E-state index in [-0.39, 0.29) is 0 Å². The fourth-order valence-electron chi connectivity index (χ4n) is 1.73. The van der Waals surface area contributed by atoms with Crippen LogP contribution in [0.1, 0.15) is 5.76 Å². The largest absolute Gasteiger partial charge is 0.428 e. The second-order valence-electron chi connectivity index (χ2n) is 3.60. The highest BCUT2D eigenvalue weighted by molar-refractivity contribution is 5.74. The molecule has 3 aromatic rings. The molecule has 0 aliphatic heterocycles. The van der Waals surface area contributed by atoms with E-state index in [1.54, 1.807) is 20.2 Å². The van der Waals surface area contributed by atoms with Crippen molar-refractivity contribution in [2.45, 2.75) is 6.92 Å². The second kappa shape index (κ2) is 2.63. The zero-order chi connectivity index (χ0) is 11.4. The third-order valence-electron chi connectivity index (χ3n) is 2.48. The van der Waals surface area contributed by atoms with Gasteiger partial charge in [-0.3, -0.25) is 18.7 Å². The van der Waals surface area contributed by atoms with Gasteiger partial charge in [-0.2, -0.15) is 4.98 Å². The summed E-state index contributed by atoms with van der Waals surface area (Å²) in [6.45, 7) is 1.76. The zero-order valence-electron chi connectivity index (χ0n) is 8.64. The van der Waals surface area contributed by atoms with Crippen molar-refractivity contribution >= 4 is 17.0 Å². The van der Waals surface area contributed by atoms with Gasteiger partial charge in [0.2, 0.25) is 0 Å². The van der Waals surface area contributed by atoms with E-state index in [1.165, 1.54) is 8.97 Å². The summed E-state index contributed by atoms with van der Waals surface area (Å²) in [4.78, 5) is 29.3. The van der Waals surface area contributed by atoms with Crippen LogP contribution in [0.25, 0.3) is 17.0 Å². The summed E-state index contributed by atoms with van der Waals surface area (Å²) in [5, 5.41) is 0. The number of aromatic amines is 1. The number of nitrogens with zero attached hydrogens (tertiary/aromatic N) is 3. The van der Waals surface area contributed by atoms with Crippen LogP contribution in [0.3, 0.4) is 0 Å². The average molecular weight is 220 g/mol. The van der Waals surface area contributed by atoms with E-state index in [0.29, 0.717) is 22.8 Å². The monoisotopic (exact) mass is 220 g/mol. The second-order valence-corrected chi connectivity index (χ2v) is 3.60. The topological polar surface area (TPSA) is 85.3 Å². The lowest BCUT2D eigenvalue weighted by atomic mass is 10.5. The molecule has 7 nitrogen and oxygen atoms in total. The lowest BCUT2D eigenvalue weighted by molar-refractivity contribution is 0.563. The predicted molar refractivity (Wildman–Crippen MR) is 55.6 cm³/mol. The summed E-state index contributed by atoms with van der Waals surface area (Å²) < 4.78 is 8.09. The van der Waals surface area contributed by atoms with E-state index >= 15 is 0 Å². The van der Waals surface area contributed by atoms with Crippen molar-refractivity contribution in [3.05, 3.63) is 32.8 Å². The van der Waals surface area contributed by atoms with Crippen molar-refractivity contribution in [3.63, 3.8) is 0 Å². The Hall–Kier alpha value is -2.31. The number of imidazole rings is 1. The SMILES string of the molecule is Cc1cn2c(nc3c2c(=O)[nH]c(=O)n3C)o1. The van der Waals surface area contributed by atoms with Crippen molar-refractivity contribution < 1.29 is 4.42 Å². The lowest BCUT2D eigenvalue weighted by Gasteiger charge is -1.95. The Morgan fingerprint density at radius 2 is 2.19 bits per heavy atom. The Morgan fingerprint density at radius 3 is 2.94 bits per heavy atom. The summed E-state index contributed by atoms with van der Waals surface area (Å²) in [6.07, 6.45) is 1.66. The fourth-order valence-corrected chi connectivity index (χ4v) is 1.73. The number of aryl methyl sites for hydroxylation is 2. The van der Waals surface area contributed by atoms with Crippen LogP contribution in [-0.2, 0) is 7.05 Å². The van der Waals surface area contributed by atoms with Crippen LogP contribution < -0.4 is 11.2 Å². The molecule has 0 atom stereocenters. The molecule has 0 bridgehead atoms. The average Bonchev–Trinajstić information content (AvgIpc) is 2.69. The van der Waals surface area contributed by atoms with Crippen molar-refractivity contribution in [3.8, 4) is 0 Å². The van der Waals surface area contributed by atoms with Gasteiger partial charge in [-0.15, -0.1) is 0 Å². The van der Waals surface area contributed by atoms with Crippen LogP contribution in [0.4, 0.5) is 0 Å². The number of hydrogen-bond donors (Lipinski definition) is 1. The minimum absolute atomic E-state index is 0.305. The number of fused-ring (bicyclic) bond motifs is 3. The van der Waals surface area contributed by atoms with Crippen molar-refractivity contribution in [2.75, 3.05) is 0 Å². The highest BCUT2D eigenvalue weighted by Gasteiger charge is 2.14. The summed E-state index contributed by atoms with van der Waals surface area (Å²) in [5.41, 5.74) is -0.331. The van der Waals surface area contributed by atoms with E-state index in [0.717, 1.165) is 0 Å². The van der Waals surface area contributed by atoms with Crippen LogP contribution in [0, 0.1) is 6.92 Å². The van der Waals surface area contributed by atoms with E-state index in [9.17, 15) is 9.59 Å². The molecule has 0 fully saturated rings. The van der Waals surface area contributed by atoms with E-state index < -0.39 is 11.2 Å². The van der Waals surface area contributed by atoms with E-state index in [4.69, 9.17) is 4.42 Å². The number of rotatable bonds is 0. The molecule has 7 heteroatoms. The van der Waals surface area contributed by atoms with Crippen LogP contribution in [0.2, 0.25) is 0 Å². The van der Waals surface area contributed by atoms with Crippen molar-refractivity contribution in [1.82, 2.24) is 18.9 Å². The van der Waals surface area contributed by atoms with Crippen molar-refractivity contribution in [1.29, 1.82) is 0 Å². The smallest absolute Gasteiger partial charge is 0.329 e. The Balaban J connectivity index is 2.71. The third-order valence-corrected chi connectivity index (χ3v) is 2.48. The molecule has 3 heterocycles. The molecule has 3 rings (SSSR count). The van der Waals surface area contributed by atoms with Crippen LogP contribution in [0.15, 0.2) is 20.2 Å². The molecular weight excluding hydrogens is 212 g/mol. The molecule has 0 spiro atoms. The first-order chi connectivity index (χ1) is 7.58. The number of aromatic nitrogens is 4. The first kappa shape index (κ1) is 8.96. The van der Waals surface area contributed by atoms with Crippen LogP contribution in [0.5, 0.6) is 0 Å². The molecule has 0 saturated heterocycles. The third kappa shape index (κ3) is 0.940. The molecule has 0 amide bonds. The van der Waals surface area contributed by atoms with Gasteiger partial charge in [0.15, 0.2) is 11.2 Å². The normalized spacial score (nSPS) is 11.6. The fraction of sp³-hybridized carbons (Fsp3) is 0.222.